The van der Waals surface area contributed by atoms with Gasteiger partial charge in [-0.2, -0.15) is 0 Å². The van der Waals surface area contributed by atoms with Crippen molar-refractivity contribution in [2.75, 3.05) is 26.4 Å². The topological polar surface area (TPSA) is 307 Å². The van der Waals surface area contributed by atoms with Crippen molar-refractivity contribution in [2.45, 2.75) is 343 Å². The maximum absolute atomic E-state index is 13.4. The van der Waals surface area contributed by atoms with Crippen LogP contribution in [0.15, 0.2) is 48.6 Å². The van der Waals surface area contributed by atoms with E-state index in [2.05, 4.69) is 55.6 Å². The van der Waals surface area contributed by atoms with Gasteiger partial charge in [0.15, 0.2) is 18.9 Å². The molecular formula is C67H121NO18. The van der Waals surface area contributed by atoms with Crippen molar-refractivity contribution < 1.29 is 89.4 Å². The number of carbonyl (C=O) groups is 1. The van der Waals surface area contributed by atoms with E-state index < -0.39 is 124 Å². The number of unbranched alkanes of at least 4 members (excludes halogenated alkanes) is 29. The summed E-state index contributed by atoms with van der Waals surface area (Å²) >= 11 is 0. The van der Waals surface area contributed by atoms with Crippen molar-refractivity contribution in [3.63, 3.8) is 0 Å². The normalized spacial score (nSPS) is 29.1. The zero-order valence-electron chi connectivity index (χ0n) is 52.8. The number of amides is 1. The molecule has 0 aliphatic carbocycles. The lowest BCUT2D eigenvalue weighted by Gasteiger charge is -2.48. The minimum absolute atomic E-state index is 0.230. The van der Waals surface area contributed by atoms with Crippen LogP contribution < -0.4 is 5.32 Å². The summed E-state index contributed by atoms with van der Waals surface area (Å²) in [6.45, 7) is 1.70. The number of aliphatic hydroxyl groups excluding tert-OH is 11. The highest BCUT2D eigenvalue weighted by Gasteiger charge is 2.53. The van der Waals surface area contributed by atoms with Gasteiger partial charge in [0.2, 0.25) is 5.91 Å². The summed E-state index contributed by atoms with van der Waals surface area (Å²) in [6, 6.07) is -0.993. The summed E-state index contributed by atoms with van der Waals surface area (Å²) in [6.07, 6.45) is 30.8. The number of rotatable bonds is 51. The molecule has 502 valence electrons. The Kier molecular flexibility index (Phi) is 44.8. The highest BCUT2D eigenvalue weighted by Crippen LogP contribution is 2.33. The first kappa shape index (κ1) is 78.0. The first-order valence-corrected chi connectivity index (χ1v) is 33.9. The van der Waals surface area contributed by atoms with E-state index in [1.165, 1.54) is 148 Å². The number of allylic oxidation sites excluding steroid dienone is 7. The maximum Gasteiger partial charge on any atom is 0.220 e. The molecule has 17 atom stereocenters. The van der Waals surface area contributed by atoms with Crippen molar-refractivity contribution in [1.29, 1.82) is 0 Å². The first-order valence-electron chi connectivity index (χ1n) is 33.9. The van der Waals surface area contributed by atoms with Crippen LogP contribution in [-0.2, 0) is 33.2 Å². The Morgan fingerprint density at radius 1 is 0.419 bits per heavy atom. The molecule has 3 saturated heterocycles. The van der Waals surface area contributed by atoms with E-state index in [-0.39, 0.29) is 18.9 Å². The number of aliphatic hydroxyl groups is 11. The fourth-order valence-corrected chi connectivity index (χ4v) is 11.3. The highest BCUT2D eigenvalue weighted by molar-refractivity contribution is 5.76. The SMILES string of the molecule is CCCCC/C=C\C/C=C\CCCCCCCCCCCC(=O)NC(COC1OC(CO)C(OC2OC(CO)C(OC3OC(CO)C(O)C(O)C3O)C(O)C2O)C(O)C1O)C(O)/C=C/CC/C=C/CCCCCCCCCCCCCCCCCC. The van der Waals surface area contributed by atoms with Crippen LogP contribution in [0.2, 0.25) is 0 Å². The molecule has 0 saturated carbocycles. The molecule has 3 fully saturated rings. The zero-order valence-corrected chi connectivity index (χ0v) is 52.8. The second-order valence-electron chi connectivity index (χ2n) is 24.3. The van der Waals surface area contributed by atoms with Gasteiger partial charge < -0.3 is 89.9 Å². The number of ether oxygens (including phenoxy) is 6. The van der Waals surface area contributed by atoms with Crippen LogP contribution >= 0.6 is 0 Å². The van der Waals surface area contributed by atoms with E-state index in [1.807, 2.05) is 6.08 Å². The van der Waals surface area contributed by atoms with E-state index in [1.54, 1.807) is 6.08 Å². The molecule has 0 bridgehead atoms. The van der Waals surface area contributed by atoms with Gasteiger partial charge in [-0.05, 0) is 64.2 Å². The van der Waals surface area contributed by atoms with E-state index in [4.69, 9.17) is 28.4 Å². The van der Waals surface area contributed by atoms with Crippen LogP contribution in [0.3, 0.4) is 0 Å². The summed E-state index contributed by atoms with van der Waals surface area (Å²) < 4.78 is 34.3. The fraction of sp³-hybridized carbons (Fsp3) is 0.866. The minimum Gasteiger partial charge on any atom is -0.394 e. The van der Waals surface area contributed by atoms with Gasteiger partial charge in [0.25, 0.3) is 0 Å². The van der Waals surface area contributed by atoms with Crippen LogP contribution in [-0.4, -0.2) is 193 Å². The molecular weight excluding hydrogens is 1110 g/mol. The first-order chi connectivity index (χ1) is 41.8. The van der Waals surface area contributed by atoms with Crippen LogP contribution in [0.1, 0.15) is 239 Å². The van der Waals surface area contributed by atoms with Gasteiger partial charge in [0.1, 0.15) is 73.2 Å². The fourth-order valence-electron chi connectivity index (χ4n) is 11.3. The lowest BCUT2D eigenvalue weighted by molar-refractivity contribution is -0.379. The molecule has 19 nitrogen and oxygen atoms in total. The number of hydrogen-bond acceptors (Lipinski definition) is 18. The van der Waals surface area contributed by atoms with Crippen molar-refractivity contribution in [1.82, 2.24) is 5.32 Å². The maximum atomic E-state index is 13.4. The Bertz CT molecular complexity index is 1750. The molecule has 0 aromatic carbocycles. The Hall–Kier alpha value is -2.25. The van der Waals surface area contributed by atoms with Crippen LogP contribution in [0.4, 0.5) is 0 Å². The number of hydrogen-bond donors (Lipinski definition) is 12. The van der Waals surface area contributed by atoms with Crippen LogP contribution in [0.5, 0.6) is 0 Å². The van der Waals surface area contributed by atoms with Gasteiger partial charge >= 0.3 is 0 Å². The molecule has 12 N–H and O–H groups in total. The zero-order chi connectivity index (χ0) is 62.6. The second kappa shape index (κ2) is 49.5. The van der Waals surface area contributed by atoms with E-state index >= 15 is 0 Å². The molecule has 86 heavy (non-hydrogen) atoms. The van der Waals surface area contributed by atoms with Crippen molar-refractivity contribution in [2.24, 2.45) is 0 Å². The van der Waals surface area contributed by atoms with Gasteiger partial charge in [-0.3, -0.25) is 4.79 Å². The van der Waals surface area contributed by atoms with Crippen LogP contribution in [0, 0.1) is 0 Å². The predicted octanol–water partition coefficient (Wildman–Crippen LogP) is 8.22. The van der Waals surface area contributed by atoms with Gasteiger partial charge in [-0.25, -0.2) is 0 Å². The highest BCUT2D eigenvalue weighted by atomic mass is 16.8. The molecule has 19 heteroatoms. The van der Waals surface area contributed by atoms with Gasteiger partial charge in [-0.1, -0.05) is 217 Å². The Morgan fingerprint density at radius 2 is 0.779 bits per heavy atom. The Morgan fingerprint density at radius 3 is 1.26 bits per heavy atom. The Labute approximate surface area is 516 Å². The molecule has 0 aromatic heterocycles. The molecule has 3 heterocycles. The molecule has 0 aromatic rings. The third kappa shape index (κ3) is 31.7. The smallest absolute Gasteiger partial charge is 0.220 e. The average Bonchev–Trinajstić information content (AvgIpc) is 2.80. The second-order valence-corrected chi connectivity index (χ2v) is 24.3. The third-order valence-electron chi connectivity index (χ3n) is 16.8. The van der Waals surface area contributed by atoms with E-state index in [0.29, 0.717) is 12.8 Å². The van der Waals surface area contributed by atoms with Crippen molar-refractivity contribution in [3.8, 4) is 0 Å². The van der Waals surface area contributed by atoms with Crippen LogP contribution in [0.25, 0.3) is 0 Å². The summed E-state index contributed by atoms with van der Waals surface area (Å²) in [5.74, 6) is -0.290. The van der Waals surface area contributed by atoms with E-state index in [9.17, 15) is 61.0 Å². The lowest BCUT2D eigenvalue weighted by Crippen LogP contribution is -2.66. The van der Waals surface area contributed by atoms with E-state index in [0.717, 1.165) is 57.8 Å². The quantitative estimate of drug-likeness (QED) is 0.0202. The molecule has 3 rings (SSSR count). The summed E-state index contributed by atoms with van der Waals surface area (Å²) in [7, 11) is 0. The van der Waals surface area contributed by atoms with Crippen molar-refractivity contribution in [3.05, 3.63) is 48.6 Å². The third-order valence-corrected chi connectivity index (χ3v) is 16.8. The summed E-state index contributed by atoms with van der Waals surface area (Å²) in [4.78, 5) is 13.4. The average molecular weight is 1230 g/mol. The largest absolute Gasteiger partial charge is 0.394 e. The van der Waals surface area contributed by atoms with Gasteiger partial charge in [-0.15, -0.1) is 0 Å². The summed E-state index contributed by atoms with van der Waals surface area (Å²) in [5, 5.41) is 120. The predicted molar refractivity (Wildman–Crippen MR) is 332 cm³/mol. The molecule has 1 amide bonds. The standard InChI is InChI=1S/C67H121NO18/c1-3-5-7-9-11-13-15-17-19-21-23-24-25-27-28-30-32-34-36-38-40-42-44-51(72)50(68-55(73)45-43-41-39-37-35-33-31-29-26-22-20-18-16-14-12-10-8-6-4-2)49-81-65-61(79)58(76)63(53(47-70)83-65)86-67-62(80)59(77)64(54(48-71)84-67)85-66-60(78)57(75)56(74)52(46-69)82-66/h12,14,18,20,34,36,42,44,50-54,56-67,69-72,74-80H,3-11,13,15-17,19,21-33,35,37-41,43,45-49H2,1-2H3,(H,68,73)/b14-12-,20-18-,36-34+,44-42+. The van der Waals surface area contributed by atoms with Crippen molar-refractivity contribution >= 4 is 5.91 Å². The lowest BCUT2D eigenvalue weighted by atomic mass is 9.96. The van der Waals surface area contributed by atoms with Gasteiger partial charge in [0.05, 0.1) is 38.6 Å². The molecule has 0 radical (unpaired) electrons. The minimum atomic E-state index is -1.98. The Balaban J connectivity index is 1.47. The molecule has 0 spiro atoms. The number of nitrogens with one attached hydrogen (secondary N) is 1. The molecule has 3 aliphatic heterocycles. The van der Waals surface area contributed by atoms with Gasteiger partial charge in [0, 0.05) is 6.42 Å². The molecule has 3 aliphatic rings. The monoisotopic (exact) mass is 1230 g/mol. The number of carbonyl (C=O) groups excluding carboxylic acids is 1. The summed E-state index contributed by atoms with van der Waals surface area (Å²) in [5.41, 5.74) is 0. The molecule has 17 unspecified atom stereocenters.